The molecule has 7 heteroatoms. The second-order valence-corrected chi connectivity index (χ2v) is 8.32. The lowest BCUT2D eigenvalue weighted by molar-refractivity contribution is -0.118. The number of carbonyl (C=O) groups excluding carboxylic acids is 1. The molecule has 0 saturated carbocycles. The van der Waals surface area contributed by atoms with Gasteiger partial charge in [0, 0.05) is 12.7 Å². The summed E-state index contributed by atoms with van der Waals surface area (Å²) in [5.74, 6) is 0.533. The summed E-state index contributed by atoms with van der Waals surface area (Å²) in [6.07, 6.45) is 1.14. The van der Waals surface area contributed by atoms with Crippen LogP contribution in [0.1, 0.15) is 25.3 Å². The van der Waals surface area contributed by atoms with Crippen LogP contribution in [0.15, 0.2) is 48.5 Å². The molecule has 0 atom stereocenters. The molecule has 0 heterocycles. The second kappa shape index (κ2) is 8.23. The van der Waals surface area contributed by atoms with Crippen LogP contribution in [-0.2, 0) is 14.8 Å². The topological polar surface area (TPSA) is 75.7 Å². The van der Waals surface area contributed by atoms with E-state index in [-0.39, 0.29) is 12.5 Å². The molecule has 26 heavy (non-hydrogen) atoms. The van der Waals surface area contributed by atoms with Gasteiger partial charge in [-0.3, -0.25) is 9.10 Å². The minimum absolute atomic E-state index is 0.131. The van der Waals surface area contributed by atoms with E-state index in [2.05, 4.69) is 19.2 Å². The average molecular weight is 376 g/mol. The largest absolute Gasteiger partial charge is 0.484 e. The molecule has 140 valence electrons. The van der Waals surface area contributed by atoms with Gasteiger partial charge in [0.25, 0.3) is 5.91 Å². The van der Waals surface area contributed by atoms with E-state index in [0.29, 0.717) is 17.4 Å². The SMILES string of the molecule is CC(C)c1ccccc1NC(=O)COc1ccc(N(C)S(C)(=O)=O)cc1. The predicted molar refractivity (Wildman–Crippen MR) is 104 cm³/mol. The molecule has 0 saturated heterocycles. The number of sulfonamides is 1. The number of para-hydroxylation sites is 1. The minimum atomic E-state index is -3.31. The molecule has 0 bridgehead atoms. The fraction of sp³-hybridized carbons (Fsp3) is 0.316. The Morgan fingerprint density at radius 3 is 2.31 bits per heavy atom. The van der Waals surface area contributed by atoms with Crippen LogP contribution in [-0.4, -0.2) is 34.2 Å². The third kappa shape index (κ3) is 5.23. The van der Waals surface area contributed by atoms with Crippen molar-refractivity contribution in [3.63, 3.8) is 0 Å². The lowest BCUT2D eigenvalue weighted by Gasteiger charge is -2.17. The Balaban J connectivity index is 1.96. The molecule has 1 N–H and O–H groups in total. The van der Waals surface area contributed by atoms with Gasteiger partial charge in [-0.05, 0) is 41.8 Å². The molecule has 2 aromatic rings. The quantitative estimate of drug-likeness (QED) is 0.805. The van der Waals surface area contributed by atoms with Crippen molar-refractivity contribution in [1.29, 1.82) is 0 Å². The summed E-state index contributed by atoms with van der Waals surface area (Å²) in [4.78, 5) is 12.1. The maximum Gasteiger partial charge on any atom is 0.262 e. The Bertz CT molecular complexity index is 861. The first-order valence-corrected chi connectivity index (χ1v) is 10.1. The van der Waals surface area contributed by atoms with E-state index in [1.54, 1.807) is 24.3 Å². The van der Waals surface area contributed by atoms with Gasteiger partial charge in [-0.25, -0.2) is 8.42 Å². The fourth-order valence-corrected chi connectivity index (χ4v) is 2.90. The number of hydrogen-bond acceptors (Lipinski definition) is 4. The molecule has 1 amide bonds. The second-order valence-electron chi connectivity index (χ2n) is 6.30. The zero-order chi connectivity index (χ0) is 19.3. The maximum atomic E-state index is 12.1. The molecule has 0 unspecified atom stereocenters. The lowest BCUT2D eigenvalue weighted by Crippen LogP contribution is -2.24. The number of nitrogens with zero attached hydrogens (tertiary/aromatic N) is 1. The molecule has 0 fully saturated rings. The fourth-order valence-electron chi connectivity index (χ4n) is 2.39. The summed E-state index contributed by atoms with van der Waals surface area (Å²) < 4.78 is 29.7. The Kier molecular flexibility index (Phi) is 6.26. The summed E-state index contributed by atoms with van der Waals surface area (Å²) >= 11 is 0. The highest BCUT2D eigenvalue weighted by Crippen LogP contribution is 2.24. The van der Waals surface area contributed by atoms with Crippen LogP contribution in [0, 0.1) is 0 Å². The first-order chi connectivity index (χ1) is 12.2. The normalized spacial score (nSPS) is 11.3. The maximum absolute atomic E-state index is 12.1. The van der Waals surface area contributed by atoms with Crippen LogP contribution in [0.2, 0.25) is 0 Å². The molecule has 2 aromatic carbocycles. The Morgan fingerprint density at radius 1 is 1.12 bits per heavy atom. The number of nitrogens with one attached hydrogen (secondary N) is 1. The third-order valence-corrected chi connectivity index (χ3v) is 5.13. The number of hydrogen-bond donors (Lipinski definition) is 1. The minimum Gasteiger partial charge on any atom is -0.484 e. The van der Waals surface area contributed by atoms with Crippen molar-refractivity contribution in [2.45, 2.75) is 19.8 Å². The summed E-state index contributed by atoms with van der Waals surface area (Å²) in [6, 6.07) is 14.2. The number of amides is 1. The van der Waals surface area contributed by atoms with Gasteiger partial charge in [0.1, 0.15) is 5.75 Å². The van der Waals surface area contributed by atoms with Crippen LogP contribution in [0.3, 0.4) is 0 Å². The molecule has 0 aliphatic heterocycles. The molecule has 2 rings (SSSR count). The number of benzene rings is 2. The predicted octanol–water partition coefficient (Wildman–Crippen LogP) is 3.22. The molecule has 0 radical (unpaired) electrons. The molecule has 0 spiro atoms. The summed E-state index contributed by atoms with van der Waals surface area (Å²) in [7, 11) is -1.83. The Hall–Kier alpha value is -2.54. The summed E-state index contributed by atoms with van der Waals surface area (Å²) in [5.41, 5.74) is 2.37. The zero-order valence-electron chi connectivity index (χ0n) is 15.4. The standard InChI is InChI=1S/C19H24N2O4S/c1-14(2)17-7-5-6-8-18(17)20-19(22)13-25-16-11-9-15(10-12-16)21(3)26(4,23)24/h5-12,14H,13H2,1-4H3,(H,20,22). The van der Waals surface area contributed by atoms with Crippen LogP contribution >= 0.6 is 0 Å². The van der Waals surface area contributed by atoms with Gasteiger partial charge in [0.2, 0.25) is 10.0 Å². The van der Waals surface area contributed by atoms with E-state index in [1.807, 2.05) is 24.3 Å². The smallest absolute Gasteiger partial charge is 0.262 e. The molecule has 0 aromatic heterocycles. The van der Waals surface area contributed by atoms with E-state index < -0.39 is 10.0 Å². The monoisotopic (exact) mass is 376 g/mol. The number of carbonyl (C=O) groups is 1. The Labute approximate surface area is 154 Å². The van der Waals surface area contributed by atoms with Crippen molar-refractivity contribution >= 4 is 27.3 Å². The molecular weight excluding hydrogens is 352 g/mol. The van der Waals surface area contributed by atoms with Gasteiger partial charge in [-0.1, -0.05) is 32.0 Å². The van der Waals surface area contributed by atoms with Gasteiger partial charge in [-0.15, -0.1) is 0 Å². The zero-order valence-corrected chi connectivity index (χ0v) is 16.2. The van der Waals surface area contributed by atoms with Gasteiger partial charge in [-0.2, -0.15) is 0 Å². The van der Waals surface area contributed by atoms with Crippen LogP contribution in [0.4, 0.5) is 11.4 Å². The van der Waals surface area contributed by atoms with Crippen molar-refractivity contribution in [1.82, 2.24) is 0 Å². The van der Waals surface area contributed by atoms with Crippen LogP contribution in [0.5, 0.6) is 5.75 Å². The van der Waals surface area contributed by atoms with Gasteiger partial charge >= 0.3 is 0 Å². The summed E-state index contributed by atoms with van der Waals surface area (Å²) in [6.45, 7) is 4.00. The van der Waals surface area contributed by atoms with Gasteiger partial charge < -0.3 is 10.1 Å². The third-order valence-electron chi connectivity index (χ3n) is 3.92. The van der Waals surface area contributed by atoms with Crippen molar-refractivity contribution in [3.8, 4) is 5.75 Å². The Morgan fingerprint density at radius 2 is 1.73 bits per heavy atom. The first-order valence-electron chi connectivity index (χ1n) is 8.24. The van der Waals surface area contributed by atoms with Gasteiger partial charge in [0.15, 0.2) is 6.61 Å². The van der Waals surface area contributed by atoms with E-state index in [1.165, 1.54) is 11.4 Å². The van der Waals surface area contributed by atoms with E-state index in [9.17, 15) is 13.2 Å². The van der Waals surface area contributed by atoms with Crippen molar-refractivity contribution in [2.75, 3.05) is 29.5 Å². The molecule has 0 aliphatic carbocycles. The van der Waals surface area contributed by atoms with Crippen molar-refractivity contribution in [2.24, 2.45) is 0 Å². The highest BCUT2D eigenvalue weighted by molar-refractivity contribution is 7.92. The molecule has 0 aliphatic rings. The van der Waals surface area contributed by atoms with Crippen LogP contribution in [0.25, 0.3) is 0 Å². The molecule has 6 nitrogen and oxygen atoms in total. The van der Waals surface area contributed by atoms with Crippen molar-refractivity contribution in [3.05, 3.63) is 54.1 Å². The van der Waals surface area contributed by atoms with Gasteiger partial charge in [0.05, 0.1) is 11.9 Å². The molecular formula is C19H24N2O4S. The number of rotatable bonds is 7. The highest BCUT2D eigenvalue weighted by Gasteiger charge is 2.12. The number of anilines is 2. The first kappa shape index (κ1) is 19.8. The average Bonchev–Trinajstić information content (AvgIpc) is 2.59. The highest BCUT2D eigenvalue weighted by atomic mass is 32.2. The van der Waals surface area contributed by atoms with E-state index in [0.717, 1.165) is 17.5 Å². The van der Waals surface area contributed by atoms with Crippen LogP contribution < -0.4 is 14.4 Å². The number of ether oxygens (including phenoxy) is 1. The summed E-state index contributed by atoms with van der Waals surface area (Å²) in [5, 5.41) is 2.86. The van der Waals surface area contributed by atoms with E-state index >= 15 is 0 Å². The lowest BCUT2D eigenvalue weighted by atomic mass is 10.0. The van der Waals surface area contributed by atoms with Crippen molar-refractivity contribution < 1.29 is 17.9 Å². The van der Waals surface area contributed by atoms with E-state index in [4.69, 9.17) is 4.74 Å².